The van der Waals surface area contributed by atoms with Crippen LogP contribution in [0.25, 0.3) is 0 Å². The van der Waals surface area contributed by atoms with Crippen LogP contribution in [0.3, 0.4) is 0 Å². The van der Waals surface area contributed by atoms with Crippen LogP contribution < -0.4 is 0 Å². The van der Waals surface area contributed by atoms with Gasteiger partial charge in [0.05, 0.1) is 4.90 Å². The summed E-state index contributed by atoms with van der Waals surface area (Å²) in [6.45, 7) is 4.68. The number of nitrogens with zero attached hydrogens (tertiary/aromatic N) is 3. The van der Waals surface area contributed by atoms with Gasteiger partial charge >= 0.3 is 0 Å². The van der Waals surface area contributed by atoms with Crippen molar-refractivity contribution in [1.29, 1.82) is 0 Å². The van der Waals surface area contributed by atoms with Gasteiger partial charge in [0.1, 0.15) is 0 Å². The highest BCUT2D eigenvalue weighted by atomic mass is 79.9. The van der Waals surface area contributed by atoms with Crippen LogP contribution >= 0.6 is 15.9 Å². The minimum atomic E-state index is -3.37. The molecule has 0 radical (unpaired) electrons. The maximum atomic E-state index is 12.6. The van der Waals surface area contributed by atoms with Crippen molar-refractivity contribution in [2.24, 2.45) is 0 Å². The van der Waals surface area contributed by atoms with Gasteiger partial charge in [-0.15, -0.1) is 0 Å². The summed E-state index contributed by atoms with van der Waals surface area (Å²) in [5.74, 6) is 0. The molecule has 0 bridgehead atoms. The number of halogens is 1. The predicted molar refractivity (Wildman–Crippen MR) is 87.9 cm³/mol. The van der Waals surface area contributed by atoms with Gasteiger partial charge in [0.25, 0.3) is 0 Å². The summed E-state index contributed by atoms with van der Waals surface area (Å²) in [4.78, 5) is 4.82. The number of benzene rings is 1. The lowest BCUT2D eigenvalue weighted by atomic mass is 10.3. The largest absolute Gasteiger partial charge is 0.308 e. The Morgan fingerprint density at radius 2 is 1.86 bits per heavy atom. The van der Waals surface area contributed by atoms with Crippen LogP contribution in [0.2, 0.25) is 0 Å². The molecule has 7 heteroatoms. The van der Waals surface area contributed by atoms with Crippen LogP contribution in [0.4, 0.5) is 0 Å². The van der Waals surface area contributed by atoms with Crippen LogP contribution in [0.1, 0.15) is 0 Å². The Morgan fingerprint density at radius 3 is 2.43 bits per heavy atom. The van der Waals surface area contributed by atoms with Crippen LogP contribution in [0.5, 0.6) is 0 Å². The van der Waals surface area contributed by atoms with Gasteiger partial charge in [-0.3, -0.25) is 4.90 Å². The summed E-state index contributed by atoms with van der Waals surface area (Å²) in [7, 11) is 0.726. The van der Waals surface area contributed by atoms with E-state index in [0.717, 1.165) is 30.7 Å². The zero-order chi connectivity index (χ0) is 15.5. The summed E-state index contributed by atoms with van der Waals surface area (Å²) in [6.07, 6.45) is 0. The Morgan fingerprint density at radius 1 is 1.19 bits per heavy atom. The van der Waals surface area contributed by atoms with Crippen molar-refractivity contribution >= 4 is 26.0 Å². The van der Waals surface area contributed by atoms with Gasteiger partial charge in [0, 0.05) is 43.7 Å². The molecular weight excluding hydrogens is 354 g/mol. The van der Waals surface area contributed by atoms with Crippen molar-refractivity contribution in [3.63, 3.8) is 0 Å². The van der Waals surface area contributed by atoms with E-state index in [-0.39, 0.29) is 0 Å². The molecule has 118 valence electrons. The van der Waals surface area contributed by atoms with Crippen LogP contribution in [0, 0.1) is 0 Å². The molecule has 1 heterocycles. The molecule has 2 rings (SSSR count). The molecule has 0 saturated carbocycles. The Hall–Kier alpha value is -0.470. The molecule has 1 fully saturated rings. The highest BCUT2D eigenvalue weighted by Gasteiger charge is 2.28. The van der Waals surface area contributed by atoms with E-state index < -0.39 is 10.0 Å². The third kappa shape index (κ3) is 4.50. The van der Waals surface area contributed by atoms with Crippen molar-refractivity contribution in [1.82, 2.24) is 14.1 Å². The third-order valence-corrected chi connectivity index (χ3v) is 6.02. The Labute approximate surface area is 135 Å². The molecule has 0 spiro atoms. The highest BCUT2D eigenvalue weighted by molar-refractivity contribution is 9.10. The number of likely N-dealkylation sites (N-methyl/N-ethyl adjacent to an activating group) is 1. The Balaban J connectivity index is 1.98. The molecule has 0 N–H and O–H groups in total. The fraction of sp³-hybridized carbons (Fsp3) is 0.571. The summed E-state index contributed by atoms with van der Waals surface area (Å²) >= 11 is 3.33. The van der Waals surface area contributed by atoms with Crippen LogP contribution in [-0.4, -0.2) is 75.9 Å². The summed E-state index contributed by atoms with van der Waals surface area (Å²) in [5, 5.41) is 0. The second kappa shape index (κ2) is 7.19. The van der Waals surface area contributed by atoms with E-state index in [1.54, 1.807) is 22.5 Å². The Kier molecular flexibility index (Phi) is 5.79. The van der Waals surface area contributed by atoms with E-state index in [1.807, 2.05) is 20.2 Å². The van der Waals surface area contributed by atoms with Gasteiger partial charge in [-0.05, 0) is 32.3 Å². The van der Waals surface area contributed by atoms with Gasteiger partial charge in [-0.1, -0.05) is 22.0 Å². The quantitative estimate of drug-likeness (QED) is 0.778. The second-order valence-electron chi connectivity index (χ2n) is 5.51. The fourth-order valence-electron chi connectivity index (χ4n) is 2.31. The van der Waals surface area contributed by atoms with E-state index in [0.29, 0.717) is 18.0 Å². The molecule has 21 heavy (non-hydrogen) atoms. The predicted octanol–water partition coefficient (Wildman–Crippen LogP) is 1.32. The van der Waals surface area contributed by atoms with Crippen molar-refractivity contribution < 1.29 is 8.42 Å². The molecule has 0 aromatic heterocycles. The number of sulfonamides is 1. The van der Waals surface area contributed by atoms with Gasteiger partial charge in [0.2, 0.25) is 10.0 Å². The number of rotatable bonds is 5. The lowest BCUT2D eigenvalue weighted by Gasteiger charge is -2.34. The van der Waals surface area contributed by atoms with E-state index >= 15 is 0 Å². The lowest BCUT2D eigenvalue weighted by Crippen LogP contribution is -2.49. The minimum absolute atomic E-state index is 0.360. The lowest BCUT2D eigenvalue weighted by molar-refractivity contribution is 0.174. The fourth-order valence-corrected chi connectivity index (χ4v) is 4.33. The molecule has 1 aliphatic rings. The minimum Gasteiger partial charge on any atom is -0.308 e. The van der Waals surface area contributed by atoms with Crippen molar-refractivity contribution in [3.05, 3.63) is 28.7 Å². The van der Waals surface area contributed by atoms with Gasteiger partial charge in [-0.2, -0.15) is 4.31 Å². The number of hydrogen-bond acceptors (Lipinski definition) is 4. The van der Waals surface area contributed by atoms with E-state index in [9.17, 15) is 8.42 Å². The molecule has 1 aromatic carbocycles. The highest BCUT2D eigenvalue weighted by Crippen LogP contribution is 2.21. The molecule has 1 saturated heterocycles. The first kappa shape index (κ1) is 16.9. The standard InChI is InChI=1S/C14H22BrN3O2S/c1-16(2)6-7-17-8-10-18(11-9-17)21(19,20)14-5-3-4-13(15)12-14/h3-5,12H,6-11H2,1-2H3. The maximum Gasteiger partial charge on any atom is 0.243 e. The van der Waals surface area contributed by atoms with Crippen molar-refractivity contribution in [2.75, 3.05) is 53.4 Å². The first-order chi connectivity index (χ1) is 9.89. The van der Waals surface area contributed by atoms with Crippen LogP contribution in [0.15, 0.2) is 33.6 Å². The first-order valence-electron chi connectivity index (χ1n) is 7.02. The zero-order valence-electron chi connectivity index (χ0n) is 12.5. The molecule has 1 aromatic rings. The Bertz CT molecular complexity index is 569. The topological polar surface area (TPSA) is 43.9 Å². The summed E-state index contributed by atoms with van der Waals surface area (Å²) in [6, 6.07) is 6.90. The molecule has 0 atom stereocenters. The number of hydrogen-bond donors (Lipinski definition) is 0. The summed E-state index contributed by atoms with van der Waals surface area (Å²) in [5.41, 5.74) is 0. The van der Waals surface area contributed by atoms with Crippen LogP contribution in [-0.2, 0) is 10.0 Å². The molecule has 0 unspecified atom stereocenters. The molecule has 0 amide bonds. The van der Waals surface area contributed by atoms with E-state index in [1.165, 1.54) is 0 Å². The van der Waals surface area contributed by atoms with Gasteiger partial charge in [0.15, 0.2) is 0 Å². The SMILES string of the molecule is CN(C)CCN1CCN(S(=O)(=O)c2cccc(Br)c2)CC1. The molecule has 1 aliphatic heterocycles. The molecule has 0 aliphatic carbocycles. The van der Waals surface area contributed by atoms with E-state index in [2.05, 4.69) is 25.7 Å². The summed E-state index contributed by atoms with van der Waals surface area (Å²) < 4.78 is 27.6. The molecule has 5 nitrogen and oxygen atoms in total. The van der Waals surface area contributed by atoms with Gasteiger partial charge < -0.3 is 4.90 Å². The molecular formula is C14H22BrN3O2S. The first-order valence-corrected chi connectivity index (χ1v) is 9.26. The van der Waals surface area contributed by atoms with Crippen molar-refractivity contribution in [2.45, 2.75) is 4.90 Å². The normalized spacial score (nSPS) is 18.3. The van der Waals surface area contributed by atoms with Crippen molar-refractivity contribution in [3.8, 4) is 0 Å². The third-order valence-electron chi connectivity index (χ3n) is 3.63. The smallest absolute Gasteiger partial charge is 0.243 e. The number of piperazine rings is 1. The van der Waals surface area contributed by atoms with E-state index in [4.69, 9.17) is 0 Å². The van der Waals surface area contributed by atoms with Gasteiger partial charge in [-0.25, -0.2) is 8.42 Å². The zero-order valence-corrected chi connectivity index (χ0v) is 14.9. The average Bonchev–Trinajstić information content (AvgIpc) is 2.45. The monoisotopic (exact) mass is 375 g/mol. The average molecular weight is 376 g/mol. The second-order valence-corrected chi connectivity index (χ2v) is 8.36. The maximum absolute atomic E-state index is 12.6.